The largest absolute Gasteiger partial charge is 0.493 e. The number of anilines is 1. The third kappa shape index (κ3) is 3.73. The highest BCUT2D eigenvalue weighted by Crippen LogP contribution is 2.34. The third-order valence-electron chi connectivity index (χ3n) is 4.54. The predicted molar refractivity (Wildman–Crippen MR) is 112 cm³/mol. The van der Waals surface area contributed by atoms with E-state index in [2.05, 4.69) is 10.3 Å². The van der Waals surface area contributed by atoms with Crippen LogP contribution in [-0.2, 0) is 0 Å². The molecule has 4 rings (SSSR count). The molecule has 0 fully saturated rings. The smallest absolute Gasteiger partial charge is 0.257 e. The summed E-state index contributed by atoms with van der Waals surface area (Å²) in [5.74, 6) is 2.15. The van der Waals surface area contributed by atoms with Crippen LogP contribution in [0.15, 0.2) is 72.9 Å². The number of ether oxygens (including phenoxy) is 3. The van der Waals surface area contributed by atoms with E-state index >= 15 is 0 Å². The van der Waals surface area contributed by atoms with Crippen LogP contribution in [0.3, 0.4) is 0 Å². The molecule has 1 amide bonds. The third-order valence-corrected chi connectivity index (χ3v) is 4.54. The first kappa shape index (κ1) is 18.4. The maximum absolute atomic E-state index is 13.0. The van der Waals surface area contributed by atoms with Crippen molar-refractivity contribution in [2.75, 3.05) is 19.5 Å². The minimum atomic E-state index is -0.257. The Morgan fingerprint density at radius 1 is 0.862 bits per heavy atom. The molecule has 0 unspecified atom stereocenters. The van der Waals surface area contributed by atoms with Crippen LogP contribution in [0.2, 0.25) is 0 Å². The quantitative estimate of drug-likeness (QED) is 0.474. The van der Waals surface area contributed by atoms with E-state index in [1.54, 1.807) is 38.6 Å². The molecule has 4 aromatic rings. The van der Waals surface area contributed by atoms with E-state index in [1.807, 2.05) is 48.5 Å². The zero-order chi connectivity index (χ0) is 20.2. The van der Waals surface area contributed by atoms with E-state index in [9.17, 15) is 4.79 Å². The summed E-state index contributed by atoms with van der Waals surface area (Å²) in [4.78, 5) is 16.1. The van der Waals surface area contributed by atoms with Crippen LogP contribution in [0.25, 0.3) is 10.9 Å². The van der Waals surface area contributed by atoms with Gasteiger partial charge in [0.05, 0.1) is 31.0 Å². The summed E-state index contributed by atoms with van der Waals surface area (Å²) in [6.45, 7) is 0. The lowest BCUT2D eigenvalue weighted by atomic mass is 10.1. The van der Waals surface area contributed by atoms with Crippen molar-refractivity contribution < 1.29 is 19.0 Å². The van der Waals surface area contributed by atoms with E-state index in [0.717, 1.165) is 10.9 Å². The van der Waals surface area contributed by atoms with E-state index < -0.39 is 0 Å². The van der Waals surface area contributed by atoms with Crippen molar-refractivity contribution in [2.45, 2.75) is 0 Å². The highest BCUT2D eigenvalue weighted by molar-refractivity contribution is 6.13. The number of aromatic nitrogens is 1. The SMILES string of the molecule is COc1cc2[nH]cc(C(=O)Nc3ccccc3Oc3ccccc3)c2cc1OC. The van der Waals surface area contributed by atoms with Crippen molar-refractivity contribution in [3.05, 3.63) is 78.5 Å². The number of para-hydroxylation sites is 3. The van der Waals surface area contributed by atoms with Crippen LogP contribution >= 0.6 is 0 Å². The summed E-state index contributed by atoms with van der Waals surface area (Å²) in [6, 6.07) is 20.3. The van der Waals surface area contributed by atoms with Gasteiger partial charge in [0.2, 0.25) is 0 Å². The van der Waals surface area contributed by atoms with Gasteiger partial charge in [0.1, 0.15) is 5.75 Å². The fourth-order valence-corrected chi connectivity index (χ4v) is 3.10. The van der Waals surface area contributed by atoms with E-state index in [0.29, 0.717) is 34.2 Å². The standard InChI is InChI=1S/C23H20N2O4/c1-27-21-12-16-17(14-24-19(16)13-22(21)28-2)23(26)25-18-10-6-7-11-20(18)29-15-8-4-3-5-9-15/h3-14,24H,1-2H3,(H,25,26). The molecule has 1 aromatic heterocycles. The zero-order valence-corrected chi connectivity index (χ0v) is 16.1. The average Bonchev–Trinajstić information content (AvgIpc) is 3.17. The summed E-state index contributed by atoms with van der Waals surface area (Å²) >= 11 is 0. The van der Waals surface area contributed by atoms with Crippen molar-refractivity contribution in [3.8, 4) is 23.0 Å². The monoisotopic (exact) mass is 388 g/mol. The molecule has 0 saturated heterocycles. The normalized spacial score (nSPS) is 10.6. The van der Waals surface area contributed by atoms with Crippen molar-refractivity contribution in [2.24, 2.45) is 0 Å². The van der Waals surface area contributed by atoms with Crippen molar-refractivity contribution in [1.82, 2.24) is 4.98 Å². The summed E-state index contributed by atoms with van der Waals surface area (Å²) < 4.78 is 16.6. The van der Waals surface area contributed by atoms with Gasteiger partial charge in [0.15, 0.2) is 17.2 Å². The Bertz CT molecular complexity index is 1150. The van der Waals surface area contributed by atoms with Gasteiger partial charge < -0.3 is 24.5 Å². The summed E-state index contributed by atoms with van der Waals surface area (Å²) in [7, 11) is 3.14. The molecule has 3 aromatic carbocycles. The highest BCUT2D eigenvalue weighted by Gasteiger charge is 2.17. The first-order chi connectivity index (χ1) is 14.2. The van der Waals surface area contributed by atoms with Crippen LogP contribution in [0.5, 0.6) is 23.0 Å². The molecule has 0 aliphatic carbocycles. The lowest BCUT2D eigenvalue weighted by Crippen LogP contribution is -2.12. The lowest BCUT2D eigenvalue weighted by Gasteiger charge is -2.12. The Morgan fingerprint density at radius 3 is 2.31 bits per heavy atom. The molecule has 0 aliphatic heterocycles. The van der Waals surface area contributed by atoms with Crippen LogP contribution in [0.1, 0.15) is 10.4 Å². The van der Waals surface area contributed by atoms with Crippen molar-refractivity contribution in [3.63, 3.8) is 0 Å². The molecule has 0 radical (unpaired) electrons. The van der Waals surface area contributed by atoms with Gasteiger partial charge in [-0.3, -0.25) is 4.79 Å². The van der Waals surface area contributed by atoms with Gasteiger partial charge in [-0.05, 0) is 30.3 Å². The maximum Gasteiger partial charge on any atom is 0.257 e. The zero-order valence-electron chi connectivity index (χ0n) is 16.1. The molecule has 0 bridgehead atoms. The second-order valence-electron chi connectivity index (χ2n) is 6.32. The van der Waals surface area contributed by atoms with Crippen LogP contribution in [0, 0.1) is 0 Å². The van der Waals surface area contributed by atoms with Crippen LogP contribution < -0.4 is 19.5 Å². The number of carbonyl (C=O) groups is 1. The molecular weight excluding hydrogens is 368 g/mol. The molecule has 6 nitrogen and oxygen atoms in total. The Morgan fingerprint density at radius 2 is 1.55 bits per heavy atom. The van der Waals surface area contributed by atoms with Gasteiger partial charge in [-0.2, -0.15) is 0 Å². The predicted octanol–water partition coefficient (Wildman–Crippen LogP) is 5.23. The molecule has 6 heteroatoms. The van der Waals surface area contributed by atoms with E-state index in [1.165, 1.54) is 0 Å². The number of benzene rings is 3. The summed E-state index contributed by atoms with van der Waals surface area (Å²) in [5, 5.41) is 3.67. The second kappa shape index (κ2) is 7.98. The number of hydrogen-bond donors (Lipinski definition) is 2. The molecule has 1 heterocycles. The van der Waals surface area contributed by atoms with E-state index in [4.69, 9.17) is 14.2 Å². The fourth-order valence-electron chi connectivity index (χ4n) is 3.10. The van der Waals surface area contributed by atoms with Gasteiger partial charge >= 0.3 is 0 Å². The molecule has 0 saturated carbocycles. The summed E-state index contributed by atoms with van der Waals surface area (Å²) in [6.07, 6.45) is 1.67. The molecule has 0 aliphatic rings. The molecule has 0 spiro atoms. The number of rotatable bonds is 6. The molecule has 2 N–H and O–H groups in total. The van der Waals surface area contributed by atoms with Gasteiger partial charge in [-0.25, -0.2) is 0 Å². The van der Waals surface area contributed by atoms with Gasteiger partial charge in [-0.15, -0.1) is 0 Å². The van der Waals surface area contributed by atoms with Crippen molar-refractivity contribution in [1.29, 1.82) is 0 Å². The van der Waals surface area contributed by atoms with Gasteiger partial charge in [-0.1, -0.05) is 30.3 Å². The molecular formula is C23H20N2O4. The Balaban J connectivity index is 1.64. The first-order valence-corrected chi connectivity index (χ1v) is 9.06. The molecule has 146 valence electrons. The number of aromatic amines is 1. The number of carbonyl (C=O) groups excluding carboxylic acids is 1. The van der Waals surface area contributed by atoms with Gasteiger partial charge in [0.25, 0.3) is 5.91 Å². The lowest BCUT2D eigenvalue weighted by molar-refractivity contribution is 0.102. The topological polar surface area (TPSA) is 72.6 Å². The average molecular weight is 388 g/mol. The number of methoxy groups -OCH3 is 2. The molecule has 29 heavy (non-hydrogen) atoms. The number of nitrogens with one attached hydrogen (secondary N) is 2. The Kier molecular flexibility index (Phi) is 5.07. The number of hydrogen-bond acceptors (Lipinski definition) is 4. The van der Waals surface area contributed by atoms with Gasteiger partial charge in [0, 0.05) is 17.6 Å². The Labute approximate surface area is 168 Å². The van der Waals surface area contributed by atoms with Crippen molar-refractivity contribution >= 4 is 22.5 Å². The Hall–Kier alpha value is -3.93. The first-order valence-electron chi connectivity index (χ1n) is 9.06. The molecule has 0 atom stereocenters. The number of H-pyrrole nitrogens is 1. The number of fused-ring (bicyclic) bond motifs is 1. The minimum Gasteiger partial charge on any atom is -0.493 e. The number of amides is 1. The van der Waals surface area contributed by atoms with E-state index in [-0.39, 0.29) is 5.91 Å². The van der Waals surface area contributed by atoms with Crippen LogP contribution in [-0.4, -0.2) is 25.1 Å². The summed E-state index contributed by atoms with van der Waals surface area (Å²) in [5.41, 5.74) is 1.85. The minimum absolute atomic E-state index is 0.257. The van der Waals surface area contributed by atoms with Crippen LogP contribution in [0.4, 0.5) is 5.69 Å². The maximum atomic E-state index is 13.0. The second-order valence-corrected chi connectivity index (χ2v) is 6.32. The fraction of sp³-hybridized carbons (Fsp3) is 0.0870. The highest BCUT2D eigenvalue weighted by atomic mass is 16.5.